The van der Waals surface area contributed by atoms with Gasteiger partial charge in [-0.05, 0) is 31.6 Å². The van der Waals surface area contributed by atoms with Gasteiger partial charge in [0.25, 0.3) is 0 Å². The van der Waals surface area contributed by atoms with Crippen LogP contribution in [0.4, 0.5) is 5.13 Å². The molecule has 0 bridgehead atoms. The van der Waals surface area contributed by atoms with Crippen molar-refractivity contribution in [2.45, 2.75) is 20.3 Å². The minimum Gasteiger partial charge on any atom is -0.463 e. The monoisotopic (exact) mass is 341 g/mol. The molecule has 1 N–H and O–H groups in total. The number of nitrogens with one attached hydrogen (secondary N) is 1. The largest absolute Gasteiger partial charge is 0.463 e. The van der Waals surface area contributed by atoms with Crippen molar-refractivity contribution in [3.05, 3.63) is 56.9 Å². The van der Waals surface area contributed by atoms with E-state index in [1.165, 1.54) is 29.8 Å². The van der Waals surface area contributed by atoms with Crippen molar-refractivity contribution >= 4 is 39.4 Å². The van der Waals surface area contributed by atoms with Crippen LogP contribution >= 0.6 is 11.3 Å². The van der Waals surface area contributed by atoms with Gasteiger partial charge in [-0.25, -0.2) is 0 Å². The first kappa shape index (κ1) is 16.1. The summed E-state index contributed by atoms with van der Waals surface area (Å²) in [5.41, 5.74) is 1.63. The third kappa shape index (κ3) is 3.41. The van der Waals surface area contributed by atoms with Crippen LogP contribution < -0.4 is 10.7 Å². The molecule has 3 rings (SSSR count). The Labute approximate surface area is 141 Å². The second-order valence-corrected chi connectivity index (χ2v) is 6.26. The number of carbonyl (C=O) groups excluding carboxylic acids is 1. The Hall–Kier alpha value is -2.80. The van der Waals surface area contributed by atoms with Gasteiger partial charge in [0, 0.05) is 6.08 Å². The Morgan fingerprint density at radius 3 is 2.96 bits per heavy atom. The molecular weight excluding hydrogens is 326 g/mol. The van der Waals surface area contributed by atoms with Gasteiger partial charge >= 0.3 is 0 Å². The average molecular weight is 341 g/mol. The molecule has 2 heterocycles. The summed E-state index contributed by atoms with van der Waals surface area (Å²) < 4.78 is 5.44. The van der Waals surface area contributed by atoms with E-state index >= 15 is 0 Å². The minimum atomic E-state index is -0.377. The van der Waals surface area contributed by atoms with Crippen LogP contribution in [0, 0.1) is 6.92 Å². The van der Waals surface area contributed by atoms with Crippen molar-refractivity contribution < 1.29 is 9.21 Å². The lowest BCUT2D eigenvalue weighted by molar-refractivity contribution is -0.111. The number of benzene rings is 1. The summed E-state index contributed by atoms with van der Waals surface area (Å²) in [5, 5.41) is 12.2. The molecule has 3 aromatic rings. The summed E-state index contributed by atoms with van der Waals surface area (Å²) in [7, 11) is 0. The number of fused-ring (bicyclic) bond motifs is 1. The van der Waals surface area contributed by atoms with E-state index < -0.39 is 0 Å². The molecule has 6 nitrogen and oxygen atoms in total. The van der Waals surface area contributed by atoms with Crippen molar-refractivity contribution in [1.82, 2.24) is 10.2 Å². The number of aryl methyl sites for hydroxylation is 2. The standard InChI is InChI=1S/C17H15N3O3S/c1-3-15-19-20-17(24-15)18-14(21)7-5-11-9-23-13-6-4-10(2)8-12(13)16(11)22/h4-9H,3H2,1-2H3,(H,18,20,21)/b7-5+. The molecule has 0 atom stereocenters. The maximum atomic E-state index is 12.4. The summed E-state index contributed by atoms with van der Waals surface area (Å²) in [4.78, 5) is 24.4. The zero-order valence-corrected chi connectivity index (χ0v) is 14.0. The fourth-order valence-corrected chi connectivity index (χ4v) is 2.82. The van der Waals surface area contributed by atoms with Gasteiger partial charge in [-0.15, -0.1) is 10.2 Å². The van der Waals surface area contributed by atoms with E-state index in [9.17, 15) is 9.59 Å². The lowest BCUT2D eigenvalue weighted by Gasteiger charge is -2.00. The van der Waals surface area contributed by atoms with Gasteiger partial charge in [0.2, 0.25) is 11.0 Å². The SMILES string of the molecule is CCc1nnc(NC(=O)/C=C/c2coc3ccc(C)cc3c2=O)s1. The highest BCUT2D eigenvalue weighted by Gasteiger charge is 2.07. The van der Waals surface area contributed by atoms with Gasteiger partial charge in [0.15, 0.2) is 5.43 Å². The van der Waals surface area contributed by atoms with E-state index in [1.54, 1.807) is 12.1 Å². The lowest BCUT2D eigenvalue weighted by Crippen LogP contribution is -2.09. The number of nitrogens with zero attached hydrogens (tertiary/aromatic N) is 2. The molecule has 122 valence electrons. The molecule has 7 heteroatoms. The Morgan fingerprint density at radius 2 is 2.21 bits per heavy atom. The van der Waals surface area contributed by atoms with Crippen LogP contribution in [-0.4, -0.2) is 16.1 Å². The van der Waals surface area contributed by atoms with Crippen LogP contribution in [0.1, 0.15) is 23.1 Å². The van der Waals surface area contributed by atoms with Gasteiger partial charge in [0.05, 0.1) is 10.9 Å². The molecule has 0 aliphatic rings. The van der Waals surface area contributed by atoms with Crippen LogP contribution in [0.2, 0.25) is 0 Å². The normalized spacial score (nSPS) is 11.2. The first-order chi connectivity index (χ1) is 11.6. The number of hydrogen-bond donors (Lipinski definition) is 1. The minimum absolute atomic E-state index is 0.173. The zero-order chi connectivity index (χ0) is 17.1. The quantitative estimate of drug-likeness (QED) is 0.737. The highest BCUT2D eigenvalue weighted by Crippen LogP contribution is 2.16. The van der Waals surface area contributed by atoms with Crippen molar-refractivity contribution in [2.24, 2.45) is 0 Å². The number of anilines is 1. The van der Waals surface area contributed by atoms with E-state index in [2.05, 4.69) is 15.5 Å². The zero-order valence-electron chi connectivity index (χ0n) is 13.2. The molecule has 0 unspecified atom stereocenters. The van der Waals surface area contributed by atoms with Crippen LogP contribution in [0.15, 0.2) is 39.7 Å². The number of carbonyl (C=O) groups is 1. The van der Waals surface area contributed by atoms with E-state index in [1.807, 2.05) is 19.9 Å². The molecule has 0 saturated carbocycles. The third-order valence-corrected chi connectivity index (χ3v) is 4.35. The van der Waals surface area contributed by atoms with Crippen molar-refractivity contribution in [1.29, 1.82) is 0 Å². The molecule has 0 fully saturated rings. The lowest BCUT2D eigenvalue weighted by atomic mass is 10.1. The van der Waals surface area contributed by atoms with Gasteiger partial charge in [-0.1, -0.05) is 29.9 Å². The van der Waals surface area contributed by atoms with Crippen molar-refractivity contribution in [2.75, 3.05) is 5.32 Å². The first-order valence-corrected chi connectivity index (χ1v) is 8.22. The predicted molar refractivity (Wildman–Crippen MR) is 94.2 cm³/mol. The van der Waals surface area contributed by atoms with Crippen LogP contribution in [0.3, 0.4) is 0 Å². The molecular formula is C17H15N3O3S. The number of hydrogen-bond acceptors (Lipinski definition) is 6. The molecule has 0 spiro atoms. The summed E-state index contributed by atoms with van der Waals surface area (Å²) in [5.74, 6) is -0.377. The second-order valence-electron chi connectivity index (χ2n) is 5.20. The number of rotatable bonds is 4. The summed E-state index contributed by atoms with van der Waals surface area (Å²) in [6.45, 7) is 3.87. The van der Waals surface area contributed by atoms with Crippen molar-refractivity contribution in [3.63, 3.8) is 0 Å². The van der Waals surface area contributed by atoms with Crippen LogP contribution in [0.25, 0.3) is 17.0 Å². The molecule has 1 amide bonds. The molecule has 0 aliphatic carbocycles. The van der Waals surface area contributed by atoms with Gasteiger partial charge in [0.1, 0.15) is 16.9 Å². The number of amides is 1. The second kappa shape index (κ2) is 6.76. The smallest absolute Gasteiger partial charge is 0.250 e. The number of aromatic nitrogens is 2. The van der Waals surface area contributed by atoms with Crippen LogP contribution in [-0.2, 0) is 11.2 Å². The topological polar surface area (TPSA) is 85.1 Å². The first-order valence-electron chi connectivity index (χ1n) is 7.40. The third-order valence-electron chi connectivity index (χ3n) is 3.37. The molecule has 2 aromatic heterocycles. The summed E-state index contributed by atoms with van der Waals surface area (Å²) in [6, 6.07) is 5.40. The van der Waals surface area contributed by atoms with Gasteiger partial charge in [-0.3, -0.25) is 14.9 Å². The Bertz CT molecular complexity index is 988. The Kier molecular flexibility index (Phi) is 4.52. The maximum Gasteiger partial charge on any atom is 0.250 e. The highest BCUT2D eigenvalue weighted by molar-refractivity contribution is 7.15. The summed E-state index contributed by atoms with van der Waals surface area (Å²) >= 11 is 1.32. The van der Waals surface area contributed by atoms with E-state index in [4.69, 9.17) is 4.42 Å². The Balaban J connectivity index is 1.81. The molecule has 1 aromatic carbocycles. The average Bonchev–Trinajstić information content (AvgIpc) is 3.02. The van der Waals surface area contributed by atoms with E-state index in [-0.39, 0.29) is 11.3 Å². The fraction of sp³-hybridized carbons (Fsp3) is 0.176. The van der Waals surface area contributed by atoms with Crippen LogP contribution in [0.5, 0.6) is 0 Å². The molecule has 0 saturated heterocycles. The summed E-state index contributed by atoms with van der Waals surface area (Å²) in [6.07, 6.45) is 4.83. The molecule has 0 radical (unpaired) electrons. The van der Waals surface area contributed by atoms with Gasteiger partial charge < -0.3 is 4.42 Å². The van der Waals surface area contributed by atoms with E-state index in [0.717, 1.165) is 17.0 Å². The van der Waals surface area contributed by atoms with E-state index in [0.29, 0.717) is 21.7 Å². The Morgan fingerprint density at radius 1 is 1.38 bits per heavy atom. The van der Waals surface area contributed by atoms with Crippen molar-refractivity contribution in [3.8, 4) is 0 Å². The molecule has 0 aliphatic heterocycles. The molecule has 24 heavy (non-hydrogen) atoms. The van der Waals surface area contributed by atoms with Gasteiger partial charge in [-0.2, -0.15) is 0 Å². The predicted octanol–water partition coefficient (Wildman–Crippen LogP) is 3.17. The highest BCUT2D eigenvalue weighted by atomic mass is 32.1. The maximum absolute atomic E-state index is 12.4. The fourth-order valence-electron chi connectivity index (χ4n) is 2.13.